The third-order valence-corrected chi connectivity index (χ3v) is 3.02. The number of ether oxygens (including phenoxy) is 4. The molecular formula is C12H10O4. The van der Waals surface area contributed by atoms with E-state index in [-0.39, 0.29) is 0 Å². The monoisotopic (exact) mass is 218 g/mol. The molecule has 4 nitrogen and oxygen atoms in total. The molecule has 0 bridgehead atoms. The van der Waals surface area contributed by atoms with E-state index in [0.29, 0.717) is 37.6 Å². The maximum Gasteiger partial charge on any atom is 0.266 e. The van der Waals surface area contributed by atoms with E-state index in [2.05, 4.69) is 11.8 Å². The zero-order chi connectivity index (χ0) is 11.2. The summed E-state index contributed by atoms with van der Waals surface area (Å²) >= 11 is 0. The molecule has 2 saturated heterocycles. The van der Waals surface area contributed by atoms with Crippen LogP contribution in [0.25, 0.3) is 0 Å². The van der Waals surface area contributed by atoms with Crippen LogP contribution in [0, 0.1) is 24.7 Å². The second kappa shape index (κ2) is 3.10. The van der Waals surface area contributed by atoms with E-state index in [0.717, 1.165) is 0 Å². The van der Waals surface area contributed by atoms with Gasteiger partial charge in [-0.15, -0.1) is 12.8 Å². The third-order valence-electron chi connectivity index (χ3n) is 3.02. The van der Waals surface area contributed by atoms with Crippen LogP contribution in [-0.2, 0) is 18.9 Å². The van der Waals surface area contributed by atoms with Crippen molar-refractivity contribution in [2.24, 2.45) is 0 Å². The molecule has 3 rings (SSSR count). The van der Waals surface area contributed by atoms with Gasteiger partial charge in [-0.25, -0.2) is 0 Å². The Morgan fingerprint density at radius 1 is 0.750 bits per heavy atom. The average Bonchev–Trinajstić information content (AvgIpc) is 2.95. The molecular weight excluding hydrogens is 208 g/mol. The zero-order valence-electron chi connectivity index (χ0n) is 8.62. The molecule has 16 heavy (non-hydrogen) atoms. The summed E-state index contributed by atoms with van der Waals surface area (Å²) in [5.41, 5.74) is 1.02. The molecule has 3 aliphatic rings. The maximum atomic E-state index is 5.58. The standard InChI is InChI=1S/C12H10O4/c1-3-9-10(4-2)12(15-7-8-16-12)11(9)13-5-6-14-11/h1-2H,5-8H2. The molecule has 0 amide bonds. The Labute approximate surface area is 93.5 Å². The van der Waals surface area contributed by atoms with Gasteiger partial charge in [-0.3, -0.25) is 0 Å². The smallest absolute Gasteiger partial charge is 0.266 e. The molecule has 0 aromatic heterocycles. The van der Waals surface area contributed by atoms with Crippen LogP contribution in [0.1, 0.15) is 0 Å². The predicted molar refractivity (Wildman–Crippen MR) is 54.0 cm³/mol. The van der Waals surface area contributed by atoms with Crippen molar-refractivity contribution >= 4 is 0 Å². The summed E-state index contributed by atoms with van der Waals surface area (Å²) in [6.07, 6.45) is 10.9. The lowest BCUT2D eigenvalue weighted by molar-refractivity contribution is -0.326. The van der Waals surface area contributed by atoms with Crippen molar-refractivity contribution < 1.29 is 18.9 Å². The molecule has 2 heterocycles. The van der Waals surface area contributed by atoms with E-state index in [9.17, 15) is 0 Å². The third kappa shape index (κ3) is 0.832. The normalized spacial score (nSPS) is 29.1. The molecule has 0 unspecified atom stereocenters. The quantitative estimate of drug-likeness (QED) is 0.538. The van der Waals surface area contributed by atoms with E-state index >= 15 is 0 Å². The molecule has 82 valence electrons. The highest BCUT2D eigenvalue weighted by Crippen LogP contribution is 2.56. The number of fused-ring (bicyclic) bond motifs is 1. The number of hydrogen-bond acceptors (Lipinski definition) is 4. The van der Waals surface area contributed by atoms with Crippen LogP contribution in [0.2, 0.25) is 0 Å². The second-order valence-corrected chi connectivity index (χ2v) is 3.67. The highest BCUT2D eigenvalue weighted by molar-refractivity contribution is 5.61. The Morgan fingerprint density at radius 2 is 1.06 bits per heavy atom. The zero-order valence-corrected chi connectivity index (χ0v) is 8.62. The van der Waals surface area contributed by atoms with Crippen molar-refractivity contribution in [1.82, 2.24) is 0 Å². The first-order valence-corrected chi connectivity index (χ1v) is 5.05. The summed E-state index contributed by atoms with van der Waals surface area (Å²) in [4.78, 5) is 0. The van der Waals surface area contributed by atoms with E-state index in [1.54, 1.807) is 0 Å². The molecule has 0 saturated carbocycles. The van der Waals surface area contributed by atoms with Crippen molar-refractivity contribution in [1.29, 1.82) is 0 Å². The minimum atomic E-state index is -1.11. The van der Waals surface area contributed by atoms with Crippen LogP contribution in [0.5, 0.6) is 0 Å². The van der Waals surface area contributed by atoms with Crippen molar-refractivity contribution in [3.63, 3.8) is 0 Å². The van der Waals surface area contributed by atoms with Crippen LogP contribution in [0.3, 0.4) is 0 Å². The van der Waals surface area contributed by atoms with Gasteiger partial charge in [0, 0.05) is 0 Å². The lowest BCUT2D eigenvalue weighted by atomic mass is 9.75. The summed E-state index contributed by atoms with van der Waals surface area (Å²) in [7, 11) is 0. The molecule has 0 N–H and O–H groups in total. The lowest BCUT2D eigenvalue weighted by Gasteiger charge is -2.49. The van der Waals surface area contributed by atoms with Gasteiger partial charge < -0.3 is 18.9 Å². The Morgan fingerprint density at radius 3 is 1.31 bits per heavy atom. The average molecular weight is 218 g/mol. The number of hydrogen-bond donors (Lipinski definition) is 0. The lowest BCUT2D eigenvalue weighted by Crippen LogP contribution is -2.66. The maximum absolute atomic E-state index is 5.58. The van der Waals surface area contributed by atoms with E-state index in [4.69, 9.17) is 31.8 Å². The summed E-state index contributed by atoms with van der Waals surface area (Å²) in [5, 5.41) is 0. The minimum absolute atomic E-state index is 0.456. The van der Waals surface area contributed by atoms with E-state index in [1.165, 1.54) is 0 Å². The molecule has 1 aliphatic carbocycles. The first-order valence-electron chi connectivity index (χ1n) is 5.05. The molecule has 0 atom stereocenters. The van der Waals surface area contributed by atoms with Crippen LogP contribution in [0.4, 0.5) is 0 Å². The van der Waals surface area contributed by atoms with Crippen molar-refractivity contribution in [2.45, 2.75) is 11.6 Å². The molecule has 0 aromatic rings. The second-order valence-electron chi connectivity index (χ2n) is 3.67. The molecule has 4 heteroatoms. The van der Waals surface area contributed by atoms with Crippen molar-refractivity contribution in [3.8, 4) is 24.7 Å². The van der Waals surface area contributed by atoms with Gasteiger partial charge in [-0.05, 0) is 0 Å². The Kier molecular flexibility index (Phi) is 1.92. The van der Waals surface area contributed by atoms with Crippen molar-refractivity contribution in [3.05, 3.63) is 11.1 Å². The van der Waals surface area contributed by atoms with Gasteiger partial charge in [-0.1, -0.05) is 11.8 Å². The summed E-state index contributed by atoms with van der Waals surface area (Å²) < 4.78 is 22.3. The van der Waals surface area contributed by atoms with Crippen molar-refractivity contribution in [2.75, 3.05) is 26.4 Å². The highest BCUT2D eigenvalue weighted by Gasteiger charge is 2.73. The van der Waals surface area contributed by atoms with Gasteiger partial charge >= 0.3 is 0 Å². The first-order chi connectivity index (χ1) is 7.81. The summed E-state index contributed by atoms with van der Waals surface area (Å²) in [6, 6.07) is 0. The van der Waals surface area contributed by atoms with Crippen LogP contribution < -0.4 is 0 Å². The van der Waals surface area contributed by atoms with Gasteiger partial charge in [0.25, 0.3) is 11.6 Å². The SMILES string of the molecule is C#CC1=C(C#C)C2(OCCO2)C12OCCO2. The highest BCUT2D eigenvalue weighted by atomic mass is 16.8. The van der Waals surface area contributed by atoms with Gasteiger partial charge in [0.05, 0.1) is 37.6 Å². The molecule has 0 radical (unpaired) electrons. The fraction of sp³-hybridized carbons (Fsp3) is 0.500. The molecule has 2 spiro atoms. The van der Waals surface area contributed by atoms with Crippen LogP contribution in [0.15, 0.2) is 11.1 Å². The number of rotatable bonds is 0. The summed E-state index contributed by atoms with van der Waals surface area (Å²) in [5.74, 6) is 2.80. The fourth-order valence-corrected chi connectivity index (χ4v) is 2.42. The fourth-order valence-electron chi connectivity index (χ4n) is 2.42. The van der Waals surface area contributed by atoms with Gasteiger partial charge in [0.15, 0.2) is 0 Å². The predicted octanol–water partition coefficient (Wildman–Crippen LogP) is 0.0492. The van der Waals surface area contributed by atoms with Gasteiger partial charge in [0.2, 0.25) is 0 Å². The molecule has 0 aromatic carbocycles. The molecule has 2 aliphatic heterocycles. The molecule has 2 fully saturated rings. The Bertz CT molecular complexity index is 395. The topological polar surface area (TPSA) is 36.9 Å². The van der Waals surface area contributed by atoms with E-state index < -0.39 is 11.6 Å². The van der Waals surface area contributed by atoms with E-state index in [1.807, 2.05) is 0 Å². The first kappa shape index (κ1) is 9.89. The van der Waals surface area contributed by atoms with Gasteiger partial charge in [0.1, 0.15) is 0 Å². The van der Waals surface area contributed by atoms with Crippen LogP contribution in [-0.4, -0.2) is 38.0 Å². The minimum Gasteiger partial charge on any atom is -0.338 e. The van der Waals surface area contributed by atoms with Crippen LogP contribution >= 0.6 is 0 Å². The largest absolute Gasteiger partial charge is 0.338 e. The summed E-state index contributed by atoms with van der Waals surface area (Å²) in [6.45, 7) is 1.82. The Hall–Kier alpha value is -1.30. The van der Waals surface area contributed by atoms with Gasteiger partial charge in [-0.2, -0.15) is 0 Å². The Balaban J connectivity index is 2.15. The number of terminal acetylenes is 2.